The van der Waals surface area contributed by atoms with E-state index in [9.17, 15) is 13.7 Å². The molecule has 0 radical (unpaired) electrons. The first kappa shape index (κ1) is 22.6. The number of methoxy groups -OCH3 is 1. The Labute approximate surface area is 184 Å². The zero-order valence-electron chi connectivity index (χ0n) is 17.1. The number of hydrogen-bond acceptors (Lipinski definition) is 10. The van der Waals surface area contributed by atoms with E-state index >= 15 is 0 Å². The van der Waals surface area contributed by atoms with Crippen molar-refractivity contribution in [1.29, 1.82) is 5.26 Å². The summed E-state index contributed by atoms with van der Waals surface area (Å²) in [6, 6.07) is 8.39. The van der Waals surface area contributed by atoms with Crippen molar-refractivity contribution in [3.8, 4) is 16.6 Å². The molecule has 0 saturated carbocycles. The summed E-state index contributed by atoms with van der Waals surface area (Å²) in [5, 5.41) is 16.2. The molecule has 162 valence electrons. The summed E-state index contributed by atoms with van der Waals surface area (Å²) >= 11 is 1.38. The summed E-state index contributed by atoms with van der Waals surface area (Å²) in [4.78, 5) is 13.9. The van der Waals surface area contributed by atoms with Crippen molar-refractivity contribution in [3.05, 3.63) is 41.7 Å². The molecule has 2 aromatic heterocycles. The highest BCUT2D eigenvalue weighted by Crippen LogP contribution is 2.33. The first-order valence-electron chi connectivity index (χ1n) is 9.16. The highest BCUT2D eigenvalue weighted by Gasteiger charge is 2.17. The number of benzene rings is 1. The van der Waals surface area contributed by atoms with Crippen molar-refractivity contribution in [1.82, 2.24) is 19.7 Å². The van der Waals surface area contributed by atoms with Crippen LogP contribution in [0, 0.1) is 18.3 Å². The highest BCUT2D eigenvalue weighted by atomic mass is 32.2. The van der Waals surface area contributed by atoms with E-state index in [1.807, 2.05) is 6.92 Å². The summed E-state index contributed by atoms with van der Waals surface area (Å²) in [6.07, 6.45) is 1.43. The fourth-order valence-corrected chi connectivity index (χ4v) is 4.63. The summed E-state index contributed by atoms with van der Waals surface area (Å²) in [7, 11) is -0.415. The van der Waals surface area contributed by atoms with Crippen molar-refractivity contribution in [2.24, 2.45) is 0 Å². The average Bonchev–Trinajstić information content (AvgIpc) is 3.14. The van der Waals surface area contributed by atoms with Gasteiger partial charge in [-0.2, -0.15) is 5.26 Å². The van der Waals surface area contributed by atoms with Gasteiger partial charge in [0.25, 0.3) is 0 Å². The van der Waals surface area contributed by atoms with E-state index < -0.39 is 10.0 Å². The molecule has 12 heteroatoms. The molecule has 0 amide bonds. The minimum atomic E-state index is -3.68. The van der Waals surface area contributed by atoms with Crippen molar-refractivity contribution in [3.63, 3.8) is 0 Å². The van der Waals surface area contributed by atoms with Crippen LogP contribution >= 0.6 is 11.3 Å². The SMILES string of the molecule is CNc1nc(C)c(-c2nc(Nc3cccc(S(=O)(=O)NCCOC)c3)ncc2C#N)s1. The molecule has 0 spiro atoms. The van der Waals surface area contributed by atoms with E-state index in [2.05, 4.69) is 36.4 Å². The molecule has 2 heterocycles. The summed E-state index contributed by atoms with van der Waals surface area (Å²) in [5.74, 6) is 0.231. The van der Waals surface area contributed by atoms with E-state index in [1.54, 1.807) is 19.2 Å². The zero-order chi connectivity index (χ0) is 22.4. The van der Waals surface area contributed by atoms with Crippen LogP contribution < -0.4 is 15.4 Å². The Morgan fingerprint density at radius 2 is 2.10 bits per heavy atom. The van der Waals surface area contributed by atoms with Gasteiger partial charge in [0.15, 0.2) is 5.13 Å². The van der Waals surface area contributed by atoms with Crippen molar-refractivity contribution >= 4 is 38.1 Å². The van der Waals surface area contributed by atoms with Gasteiger partial charge in [-0.15, -0.1) is 0 Å². The second kappa shape index (κ2) is 9.80. The van der Waals surface area contributed by atoms with Gasteiger partial charge in [-0.1, -0.05) is 17.4 Å². The molecule has 10 nitrogen and oxygen atoms in total. The van der Waals surface area contributed by atoms with Crippen LogP contribution in [-0.4, -0.2) is 50.7 Å². The Morgan fingerprint density at radius 1 is 1.29 bits per heavy atom. The molecule has 3 N–H and O–H groups in total. The maximum atomic E-state index is 12.4. The number of nitrogens with zero attached hydrogens (tertiary/aromatic N) is 4. The van der Waals surface area contributed by atoms with Gasteiger partial charge in [-0.05, 0) is 25.1 Å². The molecule has 0 fully saturated rings. The third kappa shape index (κ3) is 5.33. The van der Waals surface area contributed by atoms with Crippen LogP contribution in [-0.2, 0) is 14.8 Å². The Balaban J connectivity index is 1.90. The van der Waals surface area contributed by atoms with E-state index in [0.717, 1.165) is 10.6 Å². The minimum absolute atomic E-state index is 0.0967. The van der Waals surface area contributed by atoms with Crippen molar-refractivity contribution < 1.29 is 13.2 Å². The fraction of sp³-hybridized carbons (Fsp3) is 0.263. The van der Waals surface area contributed by atoms with E-state index in [-0.39, 0.29) is 24.0 Å². The highest BCUT2D eigenvalue weighted by molar-refractivity contribution is 7.89. The number of nitrogens with one attached hydrogen (secondary N) is 3. The molecule has 3 rings (SSSR count). The zero-order valence-corrected chi connectivity index (χ0v) is 18.8. The van der Waals surface area contributed by atoms with Gasteiger partial charge in [0.05, 0.1) is 33.8 Å². The second-order valence-corrected chi connectivity index (χ2v) is 9.06. The smallest absolute Gasteiger partial charge is 0.240 e. The Kier molecular flexibility index (Phi) is 7.13. The van der Waals surface area contributed by atoms with Gasteiger partial charge in [0.2, 0.25) is 16.0 Å². The van der Waals surface area contributed by atoms with Crippen LogP contribution in [0.4, 0.5) is 16.8 Å². The van der Waals surface area contributed by atoms with Gasteiger partial charge in [-0.25, -0.2) is 28.1 Å². The molecule has 0 saturated heterocycles. The normalized spacial score (nSPS) is 11.2. The third-order valence-corrected chi connectivity index (χ3v) is 6.77. The largest absolute Gasteiger partial charge is 0.383 e. The minimum Gasteiger partial charge on any atom is -0.383 e. The number of aryl methyl sites for hydroxylation is 1. The number of rotatable bonds is 9. The summed E-state index contributed by atoms with van der Waals surface area (Å²) in [5.41, 5.74) is 2.01. The first-order valence-corrected chi connectivity index (χ1v) is 11.5. The van der Waals surface area contributed by atoms with E-state index in [1.165, 1.54) is 36.8 Å². The standard InChI is InChI=1S/C19H21N7O3S2/c1-12-17(30-19(21-2)24-12)16-13(10-20)11-22-18(26-16)25-14-5-4-6-15(9-14)31(27,28)23-7-8-29-3/h4-6,9,11,23H,7-8H2,1-3H3,(H,21,24)(H,22,25,26). The van der Waals surface area contributed by atoms with Crippen molar-refractivity contribution in [2.45, 2.75) is 11.8 Å². The Bertz CT molecular complexity index is 1220. The number of hydrogen-bond donors (Lipinski definition) is 3. The van der Waals surface area contributed by atoms with Crippen LogP contribution in [0.5, 0.6) is 0 Å². The second-order valence-electron chi connectivity index (χ2n) is 6.29. The van der Waals surface area contributed by atoms with Crippen LogP contribution in [0.2, 0.25) is 0 Å². The van der Waals surface area contributed by atoms with Crippen LogP contribution in [0.1, 0.15) is 11.3 Å². The van der Waals surface area contributed by atoms with Gasteiger partial charge in [0, 0.05) is 26.4 Å². The summed E-state index contributed by atoms with van der Waals surface area (Å²) < 4.78 is 32.2. The lowest BCUT2D eigenvalue weighted by Crippen LogP contribution is -2.27. The lowest BCUT2D eigenvalue weighted by atomic mass is 10.2. The number of thiazole rings is 1. The number of anilines is 3. The third-order valence-electron chi connectivity index (χ3n) is 4.13. The quantitative estimate of drug-likeness (QED) is 0.411. The van der Waals surface area contributed by atoms with Crippen molar-refractivity contribution in [2.75, 3.05) is 37.9 Å². The van der Waals surface area contributed by atoms with Crippen LogP contribution in [0.3, 0.4) is 0 Å². The van der Waals surface area contributed by atoms with Gasteiger partial charge < -0.3 is 15.4 Å². The van der Waals surface area contributed by atoms with E-state index in [4.69, 9.17) is 4.74 Å². The molecular weight excluding hydrogens is 438 g/mol. The predicted octanol–water partition coefficient (Wildman–Crippen LogP) is 2.49. The van der Waals surface area contributed by atoms with Crippen LogP contribution in [0.25, 0.3) is 10.6 Å². The molecule has 0 unspecified atom stereocenters. The van der Waals surface area contributed by atoms with Gasteiger partial charge in [0.1, 0.15) is 11.8 Å². The molecule has 0 aliphatic carbocycles. The number of aromatic nitrogens is 3. The molecule has 31 heavy (non-hydrogen) atoms. The molecule has 0 atom stereocenters. The van der Waals surface area contributed by atoms with Crippen LogP contribution in [0.15, 0.2) is 35.4 Å². The number of ether oxygens (including phenoxy) is 1. The predicted molar refractivity (Wildman–Crippen MR) is 119 cm³/mol. The van der Waals surface area contributed by atoms with E-state index in [0.29, 0.717) is 22.1 Å². The molecule has 0 aliphatic heterocycles. The maximum Gasteiger partial charge on any atom is 0.240 e. The molecule has 1 aromatic carbocycles. The summed E-state index contributed by atoms with van der Waals surface area (Å²) in [6.45, 7) is 2.28. The lowest BCUT2D eigenvalue weighted by molar-refractivity contribution is 0.204. The number of nitriles is 1. The maximum absolute atomic E-state index is 12.4. The molecule has 0 aliphatic rings. The van der Waals surface area contributed by atoms with Gasteiger partial charge in [-0.3, -0.25) is 0 Å². The molecular formula is C19H21N7O3S2. The number of sulfonamides is 1. The monoisotopic (exact) mass is 459 g/mol. The lowest BCUT2D eigenvalue weighted by Gasteiger charge is -2.10. The first-order chi connectivity index (χ1) is 14.9. The fourth-order valence-electron chi connectivity index (χ4n) is 2.65. The van der Waals surface area contributed by atoms with Gasteiger partial charge >= 0.3 is 0 Å². The molecule has 3 aromatic rings. The Morgan fingerprint density at radius 3 is 2.77 bits per heavy atom. The topological polar surface area (TPSA) is 142 Å². The average molecular weight is 460 g/mol. The Hall–Kier alpha value is -3.11. The molecule has 0 bridgehead atoms.